The van der Waals surface area contributed by atoms with Crippen LogP contribution in [-0.4, -0.2) is 34.0 Å². The van der Waals surface area contributed by atoms with Crippen LogP contribution in [0.15, 0.2) is 33.4 Å². The van der Waals surface area contributed by atoms with Crippen molar-refractivity contribution in [2.75, 3.05) is 13.1 Å². The summed E-state index contributed by atoms with van der Waals surface area (Å²) in [6, 6.07) is 3.61. The van der Waals surface area contributed by atoms with Gasteiger partial charge in [-0.3, -0.25) is 4.79 Å². The standard InChI is InChI=1S/C16H19N3O3/c1-2-14-17-16(18-22-14)12-5-3-9-19(11-12)15(20)8-7-13-6-4-10-21-13/h4,6-8,10,12H,2-3,5,9,11H2,1H3/b8-7+/t12-/m0/s1. The lowest BCUT2D eigenvalue weighted by Gasteiger charge is -2.30. The van der Waals surface area contributed by atoms with Crippen molar-refractivity contribution in [3.05, 3.63) is 41.9 Å². The van der Waals surface area contributed by atoms with Crippen LogP contribution in [0.5, 0.6) is 0 Å². The van der Waals surface area contributed by atoms with Crippen LogP contribution in [0.2, 0.25) is 0 Å². The van der Waals surface area contributed by atoms with Gasteiger partial charge in [-0.1, -0.05) is 12.1 Å². The maximum atomic E-state index is 12.3. The Balaban J connectivity index is 1.63. The van der Waals surface area contributed by atoms with Crippen molar-refractivity contribution in [3.63, 3.8) is 0 Å². The Bertz CT molecular complexity index is 645. The summed E-state index contributed by atoms with van der Waals surface area (Å²) in [6.07, 6.45) is 7.48. The monoisotopic (exact) mass is 301 g/mol. The van der Waals surface area contributed by atoms with Gasteiger partial charge in [-0.2, -0.15) is 4.98 Å². The Labute approximate surface area is 128 Å². The van der Waals surface area contributed by atoms with Crippen molar-refractivity contribution in [3.8, 4) is 0 Å². The summed E-state index contributed by atoms with van der Waals surface area (Å²) in [6.45, 7) is 3.37. The number of carbonyl (C=O) groups is 1. The zero-order valence-electron chi connectivity index (χ0n) is 12.6. The molecule has 1 aliphatic rings. The van der Waals surface area contributed by atoms with Crippen molar-refractivity contribution in [2.45, 2.75) is 32.1 Å². The fourth-order valence-corrected chi connectivity index (χ4v) is 2.61. The largest absolute Gasteiger partial charge is 0.465 e. The number of carbonyl (C=O) groups excluding carboxylic acids is 1. The highest BCUT2D eigenvalue weighted by Crippen LogP contribution is 2.25. The molecule has 116 valence electrons. The maximum Gasteiger partial charge on any atom is 0.246 e. The first-order valence-electron chi connectivity index (χ1n) is 7.59. The van der Waals surface area contributed by atoms with E-state index in [1.165, 1.54) is 0 Å². The van der Waals surface area contributed by atoms with Crippen molar-refractivity contribution in [2.24, 2.45) is 0 Å². The summed E-state index contributed by atoms with van der Waals surface area (Å²) >= 11 is 0. The topological polar surface area (TPSA) is 72.4 Å². The lowest BCUT2D eigenvalue weighted by Crippen LogP contribution is -2.38. The summed E-state index contributed by atoms with van der Waals surface area (Å²) < 4.78 is 10.4. The lowest BCUT2D eigenvalue weighted by atomic mass is 9.97. The summed E-state index contributed by atoms with van der Waals surface area (Å²) in [4.78, 5) is 18.5. The predicted molar refractivity (Wildman–Crippen MR) is 80.0 cm³/mol. The van der Waals surface area contributed by atoms with Gasteiger partial charge in [-0.05, 0) is 31.1 Å². The molecule has 1 fully saturated rings. The van der Waals surface area contributed by atoms with Crippen molar-refractivity contribution < 1.29 is 13.7 Å². The second-order valence-corrected chi connectivity index (χ2v) is 5.37. The van der Waals surface area contributed by atoms with E-state index in [-0.39, 0.29) is 11.8 Å². The van der Waals surface area contributed by atoms with Gasteiger partial charge >= 0.3 is 0 Å². The number of hydrogen-bond acceptors (Lipinski definition) is 5. The highest BCUT2D eigenvalue weighted by molar-refractivity contribution is 5.91. The third-order valence-corrected chi connectivity index (χ3v) is 3.82. The fraction of sp³-hybridized carbons (Fsp3) is 0.438. The normalized spacial score (nSPS) is 19.0. The van der Waals surface area contributed by atoms with Crippen molar-refractivity contribution in [1.82, 2.24) is 15.0 Å². The molecule has 3 rings (SSSR count). The molecule has 0 bridgehead atoms. The molecule has 0 aromatic carbocycles. The Hall–Kier alpha value is -2.37. The Morgan fingerprint density at radius 2 is 2.45 bits per heavy atom. The molecule has 6 heteroatoms. The minimum absolute atomic E-state index is 0.0136. The number of nitrogens with zero attached hydrogens (tertiary/aromatic N) is 3. The fourth-order valence-electron chi connectivity index (χ4n) is 2.61. The smallest absolute Gasteiger partial charge is 0.246 e. The van der Waals surface area contributed by atoms with Crippen LogP contribution < -0.4 is 0 Å². The first-order chi connectivity index (χ1) is 10.8. The second-order valence-electron chi connectivity index (χ2n) is 5.37. The van der Waals surface area contributed by atoms with Gasteiger partial charge in [0.05, 0.1) is 6.26 Å². The highest BCUT2D eigenvalue weighted by atomic mass is 16.5. The zero-order chi connectivity index (χ0) is 15.4. The lowest BCUT2D eigenvalue weighted by molar-refractivity contribution is -0.127. The zero-order valence-corrected chi connectivity index (χ0v) is 12.6. The number of furan rings is 1. The van der Waals surface area contributed by atoms with Gasteiger partial charge in [-0.15, -0.1) is 0 Å². The van der Waals surface area contributed by atoms with Crippen LogP contribution in [0.3, 0.4) is 0 Å². The van der Waals surface area contributed by atoms with Gasteiger partial charge in [0.2, 0.25) is 11.8 Å². The molecule has 6 nitrogen and oxygen atoms in total. The van der Waals surface area contributed by atoms with Crippen LogP contribution in [0.1, 0.15) is 43.2 Å². The van der Waals surface area contributed by atoms with E-state index in [1.54, 1.807) is 24.5 Å². The Kier molecular flexibility index (Phi) is 4.37. The third kappa shape index (κ3) is 3.27. The summed E-state index contributed by atoms with van der Waals surface area (Å²) in [5.41, 5.74) is 0. The molecular weight excluding hydrogens is 282 g/mol. The summed E-state index contributed by atoms with van der Waals surface area (Å²) in [7, 11) is 0. The number of hydrogen-bond donors (Lipinski definition) is 0. The van der Waals surface area contributed by atoms with E-state index in [4.69, 9.17) is 8.94 Å². The number of likely N-dealkylation sites (tertiary alicyclic amines) is 1. The number of aryl methyl sites for hydroxylation is 1. The molecule has 1 atom stereocenters. The van der Waals surface area contributed by atoms with Gasteiger partial charge in [0, 0.05) is 31.5 Å². The van der Waals surface area contributed by atoms with E-state index in [1.807, 2.05) is 17.9 Å². The van der Waals surface area contributed by atoms with E-state index >= 15 is 0 Å². The van der Waals surface area contributed by atoms with Crippen LogP contribution in [0.25, 0.3) is 6.08 Å². The number of aromatic nitrogens is 2. The molecule has 0 saturated carbocycles. The van der Waals surface area contributed by atoms with Crippen molar-refractivity contribution in [1.29, 1.82) is 0 Å². The van der Waals surface area contributed by atoms with Gasteiger partial charge in [0.25, 0.3) is 0 Å². The third-order valence-electron chi connectivity index (χ3n) is 3.82. The van der Waals surface area contributed by atoms with E-state index < -0.39 is 0 Å². The SMILES string of the molecule is CCc1nc([C@H]2CCCN(C(=O)/C=C/c3ccco3)C2)no1. The Morgan fingerprint density at radius 1 is 1.55 bits per heavy atom. The summed E-state index contributed by atoms with van der Waals surface area (Å²) in [5.74, 6) is 2.17. The molecule has 0 N–H and O–H groups in total. The molecule has 0 radical (unpaired) electrons. The molecule has 22 heavy (non-hydrogen) atoms. The summed E-state index contributed by atoms with van der Waals surface area (Å²) in [5, 5.41) is 4.03. The quantitative estimate of drug-likeness (QED) is 0.812. The van der Waals surface area contributed by atoms with E-state index in [0.29, 0.717) is 24.0 Å². The van der Waals surface area contributed by atoms with Gasteiger partial charge in [0.1, 0.15) is 5.76 Å². The molecule has 1 amide bonds. The molecule has 2 aromatic heterocycles. The molecule has 2 aromatic rings. The van der Waals surface area contributed by atoms with E-state index in [0.717, 1.165) is 25.8 Å². The molecule has 0 aliphatic carbocycles. The van der Waals surface area contributed by atoms with Crippen LogP contribution in [0.4, 0.5) is 0 Å². The Morgan fingerprint density at radius 3 is 3.18 bits per heavy atom. The average Bonchev–Trinajstić information content (AvgIpc) is 3.24. The molecule has 0 unspecified atom stereocenters. The van der Waals surface area contributed by atoms with Crippen molar-refractivity contribution >= 4 is 12.0 Å². The maximum absolute atomic E-state index is 12.3. The molecule has 1 aliphatic heterocycles. The molecular formula is C16H19N3O3. The second kappa shape index (κ2) is 6.60. The molecule has 0 spiro atoms. The van der Waals surface area contributed by atoms with Gasteiger partial charge in [0.15, 0.2) is 5.82 Å². The number of rotatable bonds is 4. The minimum atomic E-state index is -0.0136. The van der Waals surface area contributed by atoms with E-state index in [9.17, 15) is 4.79 Å². The van der Waals surface area contributed by atoms with Gasteiger partial charge in [-0.25, -0.2) is 0 Å². The highest BCUT2D eigenvalue weighted by Gasteiger charge is 2.27. The molecule has 3 heterocycles. The molecule has 1 saturated heterocycles. The first-order valence-corrected chi connectivity index (χ1v) is 7.59. The van der Waals surface area contributed by atoms with E-state index in [2.05, 4.69) is 10.1 Å². The van der Waals surface area contributed by atoms with Gasteiger partial charge < -0.3 is 13.8 Å². The van der Waals surface area contributed by atoms with Crippen LogP contribution >= 0.6 is 0 Å². The number of amides is 1. The first kappa shape index (κ1) is 14.6. The van der Waals surface area contributed by atoms with Crippen LogP contribution in [-0.2, 0) is 11.2 Å². The minimum Gasteiger partial charge on any atom is -0.465 e. The average molecular weight is 301 g/mol. The van der Waals surface area contributed by atoms with Crippen LogP contribution in [0, 0.1) is 0 Å². The predicted octanol–water partition coefficient (Wildman–Crippen LogP) is 2.64. The number of piperidine rings is 1.